The molecule has 0 radical (unpaired) electrons. The molecule has 0 aromatic carbocycles. The highest BCUT2D eigenvalue weighted by Crippen LogP contribution is 2.30. The van der Waals surface area contributed by atoms with E-state index in [0.29, 0.717) is 5.41 Å². The fourth-order valence-corrected chi connectivity index (χ4v) is 3.60. The van der Waals surface area contributed by atoms with Crippen molar-refractivity contribution in [2.75, 3.05) is 0 Å². The Morgan fingerprint density at radius 2 is 0.647 bits per heavy atom. The van der Waals surface area contributed by atoms with E-state index in [2.05, 4.69) is 90.0 Å². The van der Waals surface area contributed by atoms with Gasteiger partial charge in [-0.15, -0.1) is 0 Å². The quantitative estimate of drug-likeness (QED) is 0.372. The summed E-state index contributed by atoms with van der Waals surface area (Å²) in [5.41, 5.74) is 0.500. The Labute approximate surface area is 223 Å². The molecule has 2 rings (SSSR count). The highest BCUT2D eigenvalue weighted by Gasteiger charge is 2.16. The maximum atomic E-state index is 2.36. The molecule has 0 aromatic rings. The van der Waals surface area contributed by atoms with Crippen LogP contribution in [0.3, 0.4) is 0 Å². The van der Waals surface area contributed by atoms with Crippen LogP contribution >= 0.6 is 0 Å². The molecule has 0 N–H and O–H groups in total. The van der Waals surface area contributed by atoms with Gasteiger partial charge < -0.3 is 0 Å². The van der Waals surface area contributed by atoms with Crippen molar-refractivity contribution in [3.05, 3.63) is 0 Å². The van der Waals surface area contributed by atoms with Gasteiger partial charge in [-0.25, -0.2) is 0 Å². The van der Waals surface area contributed by atoms with Gasteiger partial charge in [-0.1, -0.05) is 176 Å². The van der Waals surface area contributed by atoms with E-state index in [1.807, 2.05) is 0 Å². The zero-order valence-electron chi connectivity index (χ0n) is 24.6. The van der Waals surface area contributed by atoms with Crippen molar-refractivity contribution in [1.82, 2.24) is 0 Å². The van der Waals surface area contributed by atoms with Gasteiger partial charge in [0.2, 0.25) is 0 Å². The smallest absolute Gasteiger partial charge is 0.0360 e. The number of hydrogen-bond acceptors (Lipinski definition) is 0. The second kappa shape index (κ2) is 24.7. The summed E-state index contributed by atoms with van der Waals surface area (Å²) in [6.45, 7) is 29.7. The third-order valence-corrected chi connectivity index (χ3v) is 8.25. The van der Waals surface area contributed by atoms with Crippen LogP contribution in [0.1, 0.15) is 176 Å². The standard InChI is InChI=1S/2C9H18.C7H16.C6H14.3CH4/c2*1-8(2)9-6-4-3-5-7-9;1-6(2)7(3,4)5;1-5(2)6(3)4;;;/h2*8-9H,3-7H2,1-2H3;6H,1-5H3;5-6H,1-4H3;3*1H4. The van der Waals surface area contributed by atoms with Crippen molar-refractivity contribution in [1.29, 1.82) is 0 Å². The van der Waals surface area contributed by atoms with Crippen LogP contribution in [0.2, 0.25) is 0 Å². The lowest BCUT2D eigenvalue weighted by Gasteiger charge is -2.24. The van der Waals surface area contributed by atoms with E-state index in [1.54, 1.807) is 0 Å². The van der Waals surface area contributed by atoms with Crippen molar-refractivity contribution in [3.8, 4) is 0 Å². The van der Waals surface area contributed by atoms with Gasteiger partial charge in [0.1, 0.15) is 0 Å². The molecule has 2 aliphatic rings. The van der Waals surface area contributed by atoms with Crippen LogP contribution in [0.4, 0.5) is 0 Å². The van der Waals surface area contributed by atoms with Gasteiger partial charge in [0.15, 0.2) is 0 Å². The van der Waals surface area contributed by atoms with E-state index >= 15 is 0 Å². The fourth-order valence-electron chi connectivity index (χ4n) is 3.60. The SMILES string of the molecule is C.C.C.CC(C)C(C)(C)C.CC(C)C(C)C.CC(C)C1CCCCC1.CC(C)C1CCCCC1. The molecule has 34 heavy (non-hydrogen) atoms. The Morgan fingerprint density at radius 3 is 0.735 bits per heavy atom. The highest BCUT2D eigenvalue weighted by atomic mass is 14.2. The van der Waals surface area contributed by atoms with Crippen molar-refractivity contribution in [2.24, 2.45) is 46.8 Å². The van der Waals surface area contributed by atoms with Crippen molar-refractivity contribution in [3.63, 3.8) is 0 Å². The molecular weight excluding hydrogens is 408 g/mol. The van der Waals surface area contributed by atoms with Crippen LogP contribution in [0, 0.1) is 46.8 Å². The van der Waals surface area contributed by atoms with E-state index in [1.165, 1.54) is 64.2 Å². The molecule has 0 spiro atoms. The molecule has 2 fully saturated rings. The van der Waals surface area contributed by atoms with Gasteiger partial charge in [0, 0.05) is 0 Å². The van der Waals surface area contributed by atoms with Crippen LogP contribution in [0.15, 0.2) is 0 Å². The summed E-state index contributed by atoms with van der Waals surface area (Å²) >= 11 is 0. The Hall–Kier alpha value is 0. The molecule has 0 atom stereocenters. The lowest BCUT2D eigenvalue weighted by molar-refractivity contribution is 0.279. The van der Waals surface area contributed by atoms with Gasteiger partial charge in [0.05, 0.1) is 0 Å². The lowest BCUT2D eigenvalue weighted by Crippen LogP contribution is -2.12. The van der Waals surface area contributed by atoms with E-state index in [0.717, 1.165) is 41.4 Å². The van der Waals surface area contributed by atoms with Crippen LogP contribution in [0.5, 0.6) is 0 Å². The molecule has 2 aliphatic carbocycles. The van der Waals surface area contributed by atoms with Gasteiger partial charge >= 0.3 is 0 Å². The predicted octanol–water partition coefficient (Wildman–Crippen LogP) is 13.3. The van der Waals surface area contributed by atoms with Crippen molar-refractivity contribution in [2.45, 2.75) is 176 Å². The molecule has 0 heterocycles. The summed E-state index contributed by atoms with van der Waals surface area (Å²) in [5.74, 6) is 6.48. The molecular formula is C34H78. The zero-order chi connectivity index (χ0) is 24.6. The first kappa shape index (κ1) is 44.0. The second-order valence-electron chi connectivity index (χ2n) is 13.3. The zero-order valence-corrected chi connectivity index (χ0v) is 24.6. The first-order valence-corrected chi connectivity index (χ1v) is 14.2. The monoisotopic (exact) mass is 487 g/mol. The molecule has 214 valence electrons. The van der Waals surface area contributed by atoms with Gasteiger partial charge in [-0.05, 0) is 46.8 Å². The molecule has 0 nitrogen and oxygen atoms in total. The molecule has 0 aliphatic heterocycles. The van der Waals surface area contributed by atoms with E-state index in [9.17, 15) is 0 Å². The Bertz CT molecular complexity index is 326. The largest absolute Gasteiger partial charge is 0.0776 e. The summed E-state index contributed by atoms with van der Waals surface area (Å²) in [6, 6.07) is 0. The molecule has 0 heteroatoms. The molecule has 0 bridgehead atoms. The minimum atomic E-state index is 0. The average Bonchev–Trinajstić information content (AvgIpc) is 2.70. The first-order valence-electron chi connectivity index (χ1n) is 14.2. The van der Waals surface area contributed by atoms with Crippen LogP contribution in [-0.4, -0.2) is 0 Å². The minimum absolute atomic E-state index is 0. The highest BCUT2D eigenvalue weighted by molar-refractivity contribution is 4.68. The Morgan fingerprint density at radius 1 is 0.441 bits per heavy atom. The van der Waals surface area contributed by atoms with E-state index < -0.39 is 0 Å². The summed E-state index contributed by atoms with van der Waals surface area (Å²) in [6.07, 6.45) is 14.9. The molecule has 0 aromatic heterocycles. The van der Waals surface area contributed by atoms with Crippen molar-refractivity contribution >= 4 is 0 Å². The third kappa shape index (κ3) is 26.6. The normalized spacial score (nSPS) is 16.8. The molecule has 0 saturated heterocycles. The molecule has 0 unspecified atom stereocenters. The van der Waals surface area contributed by atoms with Crippen LogP contribution in [-0.2, 0) is 0 Å². The molecule has 0 amide bonds. The number of rotatable bonds is 3. The van der Waals surface area contributed by atoms with Gasteiger partial charge in [-0.3, -0.25) is 0 Å². The molecule has 2 saturated carbocycles. The summed E-state index contributed by atoms with van der Waals surface area (Å²) in [4.78, 5) is 0. The first-order chi connectivity index (χ1) is 14.2. The van der Waals surface area contributed by atoms with Crippen LogP contribution in [0.25, 0.3) is 0 Å². The lowest BCUT2D eigenvalue weighted by atomic mass is 9.82. The Balaban J connectivity index is -0.000000108. The van der Waals surface area contributed by atoms with E-state index in [-0.39, 0.29) is 22.3 Å². The summed E-state index contributed by atoms with van der Waals surface area (Å²) < 4.78 is 0. The third-order valence-electron chi connectivity index (χ3n) is 8.25. The average molecular weight is 487 g/mol. The Kier molecular flexibility index (Phi) is 32.0. The maximum absolute atomic E-state index is 2.36. The fraction of sp³-hybridized carbons (Fsp3) is 1.00. The van der Waals surface area contributed by atoms with Gasteiger partial charge in [0.25, 0.3) is 0 Å². The summed E-state index contributed by atoms with van der Waals surface area (Å²) in [7, 11) is 0. The number of hydrogen-bond donors (Lipinski definition) is 0. The topological polar surface area (TPSA) is 0 Å². The van der Waals surface area contributed by atoms with Gasteiger partial charge in [-0.2, -0.15) is 0 Å². The maximum Gasteiger partial charge on any atom is -0.0360 e. The van der Waals surface area contributed by atoms with Crippen LogP contribution < -0.4 is 0 Å². The second-order valence-corrected chi connectivity index (χ2v) is 13.3. The van der Waals surface area contributed by atoms with E-state index in [4.69, 9.17) is 0 Å². The van der Waals surface area contributed by atoms with Crippen molar-refractivity contribution < 1.29 is 0 Å². The summed E-state index contributed by atoms with van der Waals surface area (Å²) in [5, 5.41) is 0. The minimum Gasteiger partial charge on any atom is -0.0776 e. The predicted molar refractivity (Wildman–Crippen MR) is 167 cm³/mol.